The summed E-state index contributed by atoms with van der Waals surface area (Å²) in [5.74, 6) is 0.815. The monoisotopic (exact) mass is 126 g/mol. The lowest BCUT2D eigenvalue weighted by Crippen LogP contribution is -2.10. The molecule has 0 fully saturated rings. The summed E-state index contributed by atoms with van der Waals surface area (Å²) in [7, 11) is 1.87. The maximum absolute atomic E-state index is 5.54. The van der Waals surface area contributed by atoms with E-state index in [9.17, 15) is 0 Å². The molecule has 1 aromatic rings. The van der Waals surface area contributed by atoms with E-state index in [0.29, 0.717) is 0 Å². The van der Waals surface area contributed by atoms with Gasteiger partial charge in [-0.15, -0.1) is 10.2 Å². The highest BCUT2D eigenvalue weighted by Crippen LogP contribution is 2.01. The number of nitrogens with zero attached hydrogens (tertiary/aromatic N) is 3. The highest BCUT2D eigenvalue weighted by Gasteiger charge is 2.03. The van der Waals surface area contributed by atoms with Gasteiger partial charge in [-0.05, 0) is 6.92 Å². The number of hydrogen-bond donors (Lipinski definition) is 1. The van der Waals surface area contributed by atoms with E-state index in [1.165, 1.54) is 0 Å². The van der Waals surface area contributed by atoms with Crippen molar-refractivity contribution in [3.05, 3.63) is 12.2 Å². The van der Waals surface area contributed by atoms with Crippen molar-refractivity contribution in [2.75, 3.05) is 0 Å². The standard InChI is InChI=1S/C5H10N4/c1-4(6)5-8-7-3-9(5)2/h3-4H,6H2,1-2H3/t4-/m0/s1. The summed E-state index contributed by atoms with van der Waals surface area (Å²) in [5.41, 5.74) is 5.54. The first-order valence-electron chi connectivity index (χ1n) is 2.81. The van der Waals surface area contributed by atoms with Crippen molar-refractivity contribution in [3.63, 3.8) is 0 Å². The zero-order valence-electron chi connectivity index (χ0n) is 5.57. The van der Waals surface area contributed by atoms with Crippen molar-refractivity contribution in [1.29, 1.82) is 0 Å². The molecule has 0 aliphatic rings. The number of hydrogen-bond acceptors (Lipinski definition) is 3. The van der Waals surface area contributed by atoms with Gasteiger partial charge < -0.3 is 10.3 Å². The molecule has 2 N–H and O–H groups in total. The molecule has 0 aromatic carbocycles. The van der Waals surface area contributed by atoms with Crippen molar-refractivity contribution in [2.24, 2.45) is 12.8 Å². The summed E-state index contributed by atoms with van der Waals surface area (Å²) >= 11 is 0. The van der Waals surface area contributed by atoms with Crippen LogP contribution in [0.3, 0.4) is 0 Å². The normalized spacial score (nSPS) is 13.7. The van der Waals surface area contributed by atoms with Crippen LogP contribution in [-0.4, -0.2) is 14.8 Å². The summed E-state index contributed by atoms with van der Waals surface area (Å²) in [6.07, 6.45) is 1.64. The maximum Gasteiger partial charge on any atom is 0.149 e. The minimum Gasteiger partial charge on any atom is -0.322 e. The first-order chi connectivity index (χ1) is 4.22. The Hall–Kier alpha value is -0.900. The summed E-state index contributed by atoms with van der Waals surface area (Å²) in [4.78, 5) is 0. The van der Waals surface area contributed by atoms with E-state index in [1.54, 1.807) is 6.33 Å². The van der Waals surface area contributed by atoms with Crippen LogP contribution in [0.4, 0.5) is 0 Å². The van der Waals surface area contributed by atoms with Crippen LogP contribution >= 0.6 is 0 Å². The summed E-state index contributed by atoms with van der Waals surface area (Å²) in [6, 6.07) is -0.0301. The number of aryl methyl sites for hydroxylation is 1. The number of rotatable bonds is 1. The topological polar surface area (TPSA) is 56.7 Å². The van der Waals surface area contributed by atoms with Crippen LogP contribution in [0.5, 0.6) is 0 Å². The molecule has 0 radical (unpaired) electrons. The van der Waals surface area contributed by atoms with Crippen molar-refractivity contribution >= 4 is 0 Å². The Morgan fingerprint density at radius 1 is 1.78 bits per heavy atom. The van der Waals surface area contributed by atoms with Crippen molar-refractivity contribution < 1.29 is 0 Å². The minimum atomic E-state index is -0.0301. The van der Waals surface area contributed by atoms with Crippen LogP contribution < -0.4 is 5.73 Å². The Labute approximate surface area is 53.7 Å². The third-order valence-electron chi connectivity index (χ3n) is 1.15. The molecule has 9 heavy (non-hydrogen) atoms. The van der Waals surface area contributed by atoms with Gasteiger partial charge in [0.2, 0.25) is 0 Å². The lowest BCUT2D eigenvalue weighted by Gasteiger charge is -2.00. The van der Waals surface area contributed by atoms with Gasteiger partial charge in [0, 0.05) is 7.05 Å². The lowest BCUT2D eigenvalue weighted by molar-refractivity contribution is 0.684. The van der Waals surface area contributed by atoms with Crippen LogP contribution in [0.25, 0.3) is 0 Å². The highest BCUT2D eigenvalue weighted by atomic mass is 15.3. The van der Waals surface area contributed by atoms with E-state index in [2.05, 4.69) is 10.2 Å². The average molecular weight is 126 g/mol. The minimum absolute atomic E-state index is 0.0301. The molecule has 4 heteroatoms. The van der Waals surface area contributed by atoms with Gasteiger partial charge in [0.1, 0.15) is 12.2 Å². The Bertz CT molecular complexity index is 191. The summed E-state index contributed by atoms with van der Waals surface area (Å²) in [6.45, 7) is 1.88. The van der Waals surface area contributed by atoms with E-state index in [0.717, 1.165) is 5.82 Å². The molecule has 1 heterocycles. The molecule has 1 aromatic heterocycles. The molecule has 0 amide bonds. The average Bonchev–Trinajstić information content (AvgIpc) is 2.13. The van der Waals surface area contributed by atoms with Gasteiger partial charge in [0.15, 0.2) is 0 Å². The maximum atomic E-state index is 5.54. The summed E-state index contributed by atoms with van der Waals surface area (Å²) < 4.78 is 1.81. The smallest absolute Gasteiger partial charge is 0.149 e. The first kappa shape index (κ1) is 6.22. The van der Waals surface area contributed by atoms with Gasteiger partial charge in [-0.1, -0.05) is 0 Å². The fourth-order valence-corrected chi connectivity index (χ4v) is 0.704. The molecule has 0 saturated heterocycles. The fourth-order valence-electron chi connectivity index (χ4n) is 0.704. The van der Waals surface area contributed by atoms with Crippen molar-refractivity contribution in [3.8, 4) is 0 Å². The van der Waals surface area contributed by atoms with Crippen LogP contribution in [0.15, 0.2) is 6.33 Å². The third-order valence-corrected chi connectivity index (χ3v) is 1.15. The molecule has 1 rings (SSSR count). The molecule has 0 saturated carbocycles. The highest BCUT2D eigenvalue weighted by molar-refractivity contribution is 4.89. The molecule has 0 aliphatic heterocycles. The molecule has 4 nitrogen and oxygen atoms in total. The zero-order valence-corrected chi connectivity index (χ0v) is 5.57. The van der Waals surface area contributed by atoms with E-state index in [1.807, 2.05) is 18.5 Å². The van der Waals surface area contributed by atoms with E-state index in [-0.39, 0.29) is 6.04 Å². The fraction of sp³-hybridized carbons (Fsp3) is 0.600. The van der Waals surface area contributed by atoms with Crippen LogP contribution in [0.2, 0.25) is 0 Å². The Morgan fingerprint density at radius 3 is 2.67 bits per heavy atom. The van der Waals surface area contributed by atoms with Gasteiger partial charge in [-0.2, -0.15) is 0 Å². The molecule has 0 aliphatic carbocycles. The van der Waals surface area contributed by atoms with Gasteiger partial charge in [0.25, 0.3) is 0 Å². The zero-order chi connectivity index (χ0) is 6.85. The van der Waals surface area contributed by atoms with Crippen LogP contribution in [0, 0.1) is 0 Å². The predicted octanol–water partition coefficient (Wildman–Crippen LogP) is -0.165. The largest absolute Gasteiger partial charge is 0.322 e. The van der Waals surface area contributed by atoms with E-state index < -0.39 is 0 Å². The second-order valence-electron chi connectivity index (χ2n) is 2.09. The molecule has 1 atom stereocenters. The molecule has 0 unspecified atom stereocenters. The second-order valence-corrected chi connectivity index (χ2v) is 2.09. The van der Waals surface area contributed by atoms with Crippen LogP contribution in [-0.2, 0) is 7.05 Å². The molecule has 0 bridgehead atoms. The van der Waals surface area contributed by atoms with Gasteiger partial charge in [0.05, 0.1) is 6.04 Å². The quantitative estimate of drug-likeness (QED) is 0.568. The van der Waals surface area contributed by atoms with Crippen LogP contribution in [0.1, 0.15) is 18.8 Å². The molecular formula is C5H10N4. The molecule has 0 spiro atoms. The van der Waals surface area contributed by atoms with Gasteiger partial charge in [-0.3, -0.25) is 0 Å². The van der Waals surface area contributed by atoms with E-state index >= 15 is 0 Å². The first-order valence-corrected chi connectivity index (χ1v) is 2.81. The SMILES string of the molecule is C[C@H](N)c1nncn1C. The molecule has 50 valence electrons. The third kappa shape index (κ3) is 1.08. The lowest BCUT2D eigenvalue weighted by atomic mass is 10.3. The van der Waals surface area contributed by atoms with Gasteiger partial charge >= 0.3 is 0 Å². The van der Waals surface area contributed by atoms with Gasteiger partial charge in [-0.25, -0.2) is 0 Å². The molecular weight excluding hydrogens is 116 g/mol. The summed E-state index contributed by atoms with van der Waals surface area (Å²) in [5, 5.41) is 7.48. The number of nitrogens with two attached hydrogens (primary N) is 1. The van der Waals surface area contributed by atoms with E-state index in [4.69, 9.17) is 5.73 Å². The van der Waals surface area contributed by atoms with Crippen molar-refractivity contribution in [2.45, 2.75) is 13.0 Å². The predicted molar refractivity (Wildman–Crippen MR) is 33.6 cm³/mol. The van der Waals surface area contributed by atoms with Crippen molar-refractivity contribution in [1.82, 2.24) is 14.8 Å². The Balaban J connectivity index is 2.94. The second kappa shape index (κ2) is 2.14. The number of aromatic nitrogens is 3. The Kier molecular flexibility index (Phi) is 1.48. The Morgan fingerprint density at radius 2 is 2.44 bits per heavy atom.